The minimum Gasteiger partial charge on any atom is -0.454 e. The zero-order valence-corrected chi connectivity index (χ0v) is 15.4. The van der Waals surface area contributed by atoms with Gasteiger partial charge < -0.3 is 14.8 Å². The highest BCUT2D eigenvalue weighted by Gasteiger charge is 2.55. The number of rotatable bonds is 3. The van der Waals surface area contributed by atoms with Gasteiger partial charge in [-0.2, -0.15) is 0 Å². The monoisotopic (exact) mass is 398 g/mol. The van der Waals surface area contributed by atoms with Gasteiger partial charge in [0.1, 0.15) is 5.54 Å². The van der Waals surface area contributed by atoms with Crippen LogP contribution in [0, 0.1) is 0 Å². The molecule has 28 heavy (non-hydrogen) atoms. The van der Waals surface area contributed by atoms with E-state index in [0.717, 1.165) is 16.0 Å². The van der Waals surface area contributed by atoms with Crippen LogP contribution in [0.4, 0.5) is 4.79 Å². The number of halogens is 1. The molecular weight excluding hydrogens is 384 g/mol. The average Bonchev–Trinajstić information content (AvgIpc) is 3.35. The van der Waals surface area contributed by atoms with Crippen molar-refractivity contribution in [1.29, 1.82) is 0 Å². The third-order valence-corrected chi connectivity index (χ3v) is 5.70. The molecule has 1 fully saturated rings. The molecule has 3 amide bonds. The minimum atomic E-state index is -1.12. The van der Waals surface area contributed by atoms with Gasteiger partial charge in [0.05, 0.1) is 6.54 Å². The number of imide groups is 1. The molecule has 0 radical (unpaired) electrons. The highest BCUT2D eigenvalue weighted by molar-refractivity contribution is 6.30. The molecule has 1 N–H and O–H groups in total. The van der Waals surface area contributed by atoms with Crippen LogP contribution in [0.3, 0.4) is 0 Å². The summed E-state index contributed by atoms with van der Waals surface area (Å²) in [6, 6.07) is 9.51. The first-order valence-electron chi connectivity index (χ1n) is 8.84. The number of ether oxygens (including phenoxy) is 2. The molecule has 5 rings (SSSR count). The van der Waals surface area contributed by atoms with Gasteiger partial charge in [0.2, 0.25) is 6.79 Å². The Bertz CT molecular complexity index is 1050. The molecule has 142 valence electrons. The van der Waals surface area contributed by atoms with E-state index in [2.05, 4.69) is 5.32 Å². The molecule has 1 aliphatic carbocycles. The maximum atomic E-state index is 13.2. The van der Waals surface area contributed by atoms with Crippen LogP contribution in [0.25, 0.3) is 0 Å². The molecule has 0 aromatic heterocycles. The van der Waals surface area contributed by atoms with Gasteiger partial charge in [0.15, 0.2) is 17.3 Å². The third kappa shape index (κ3) is 2.39. The van der Waals surface area contributed by atoms with Gasteiger partial charge in [0.25, 0.3) is 5.91 Å². The molecule has 7 nitrogen and oxygen atoms in total. The summed E-state index contributed by atoms with van der Waals surface area (Å²) in [5, 5.41) is 3.39. The number of aryl methyl sites for hydroxylation is 1. The molecule has 3 aliphatic rings. The lowest BCUT2D eigenvalue weighted by molar-refractivity contribution is -0.131. The van der Waals surface area contributed by atoms with Crippen molar-refractivity contribution in [2.45, 2.75) is 18.4 Å². The number of fused-ring (bicyclic) bond motifs is 3. The van der Waals surface area contributed by atoms with Crippen LogP contribution in [0.15, 0.2) is 36.4 Å². The fourth-order valence-electron chi connectivity index (χ4n) is 4.07. The zero-order chi connectivity index (χ0) is 19.5. The number of Topliss-reactive ketones (excluding diaryl/α,β-unsaturated/α-hetero) is 1. The number of carbonyl (C=O) groups excluding carboxylic acids is 3. The maximum Gasteiger partial charge on any atom is 0.325 e. The minimum absolute atomic E-state index is 0.103. The molecule has 0 unspecified atom stereocenters. The van der Waals surface area contributed by atoms with Crippen LogP contribution in [-0.4, -0.2) is 36.0 Å². The van der Waals surface area contributed by atoms with Crippen LogP contribution in [-0.2, 0) is 16.8 Å². The third-order valence-electron chi connectivity index (χ3n) is 5.47. The van der Waals surface area contributed by atoms with E-state index >= 15 is 0 Å². The van der Waals surface area contributed by atoms with Crippen molar-refractivity contribution < 1.29 is 23.9 Å². The maximum absolute atomic E-state index is 13.2. The number of hydrogen-bond acceptors (Lipinski definition) is 5. The van der Waals surface area contributed by atoms with Crippen molar-refractivity contribution in [1.82, 2.24) is 10.2 Å². The molecule has 2 aromatic rings. The Hall–Kier alpha value is -3.06. The quantitative estimate of drug-likeness (QED) is 0.634. The molecule has 1 saturated heterocycles. The Kier molecular flexibility index (Phi) is 3.64. The Balaban J connectivity index is 1.41. The van der Waals surface area contributed by atoms with E-state index < -0.39 is 17.5 Å². The number of nitrogens with one attached hydrogen (secondary N) is 1. The molecule has 0 bridgehead atoms. The second-order valence-electron chi connectivity index (χ2n) is 7.02. The second kappa shape index (κ2) is 5.97. The zero-order valence-electron chi connectivity index (χ0n) is 14.7. The molecule has 2 aliphatic heterocycles. The van der Waals surface area contributed by atoms with Crippen LogP contribution < -0.4 is 14.8 Å². The van der Waals surface area contributed by atoms with E-state index in [1.807, 2.05) is 6.07 Å². The SMILES string of the molecule is O=C(CN1C(=O)N[C@@]2(CCc3cc(Cl)ccc32)C1=O)c1ccc2c(c1)OCO2. The lowest BCUT2D eigenvalue weighted by Gasteiger charge is -2.22. The van der Waals surface area contributed by atoms with Gasteiger partial charge in [0, 0.05) is 10.6 Å². The fraction of sp³-hybridized carbons (Fsp3) is 0.250. The molecule has 1 atom stereocenters. The summed E-state index contributed by atoms with van der Waals surface area (Å²) in [4.78, 5) is 39.4. The van der Waals surface area contributed by atoms with Crippen molar-refractivity contribution in [3.05, 3.63) is 58.1 Å². The summed E-state index contributed by atoms with van der Waals surface area (Å²) in [5.41, 5.74) is 0.911. The summed E-state index contributed by atoms with van der Waals surface area (Å²) < 4.78 is 10.5. The Morgan fingerprint density at radius 2 is 1.96 bits per heavy atom. The van der Waals surface area contributed by atoms with Gasteiger partial charge in [-0.3, -0.25) is 14.5 Å². The molecular formula is C20H15ClN2O5. The normalized spacial score (nSPS) is 22.0. The van der Waals surface area contributed by atoms with E-state index in [0.29, 0.717) is 34.9 Å². The summed E-state index contributed by atoms with van der Waals surface area (Å²) in [6.45, 7) is -0.235. The van der Waals surface area contributed by atoms with E-state index in [9.17, 15) is 14.4 Å². The fourth-order valence-corrected chi connectivity index (χ4v) is 4.26. The second-order valence-corrected chi connectivity index (χ2v) is 7.46. The van der Waals surface area contributed by atoms with Gasteiger partial charge in [-0.05, 0) is 54.3 Å². The number of ketones is 1. The Morgan fingerprint density at radius 1 is 1.14 bits per heavy atom. The van der Waals surface area contributed by atoms with Crippen molar-refractivity contribution >= 4 is 29.3 Å². The van der Waals surface area contributed by atoms with Gasteiger partial charge in [-0.25, -0.2) is 4.79 Å². The van der Waals surface area contributed by atoms with Gasteiger partial charge >= 0.3 is 6.03 Å². The number of nitrogens with zero attached hydrogens (tertiary/aromatic N) is 1. The number of amides is 3. The van der Waals surface area contributed by atoms with Crippen LogP contribution in [0.5, 0.6) is 11.5 Å². The molecule has 2 aromatic carbocycles. The van der Waals surface area contributed by atoms with Crippen molar-refractivity contribution in [2.24, 2.45) is 0 Å². The van der Waals surface area contributed by atoms with Crippen molar-refractivity contribution in [3.63, 3.8) is 0 Å². The summed E-state index contributed by atoms with van der Waals surface area (Å²) >= 11 is 6.04. The first-order chi connectivity index (χ1) is 13.5. The molecule has 0 saturated carbocycles. The number of hydrogen-bond donors (Lipinski definition) is 1. The number of benzene rings is 2. The summed E-state index contributed by atoms with van der Waals surface area (Å²) in [5.74, 6) is 0.272. The van der Waals surface area contributed by atoms with E-state index in [-0.39, 0.29) is 19.1 Å². The number of carbonyl (C=O) groups is 3. The lowest BCUT2D eigenvalue weighted by Crippen LogP contribution is -2.42. The smallest absolute Gasteiger partial charge is 0.325 e. The highest BCUT2D eigenvalue weighted by atomic mass is 35.5. The largest absolute Gasteiger partial charge is 0.454 e. The van der Waals surface area contributed by atoms with Gasteiger partial charge in [-0.1, -0.05) is 17.7 Å². The van der Waals surface area contributed by atoms with E-state index in [1.165, 1.54) is 0 Å². The van der Waals surface area contributed by atoms with Crippen molar-refractivity contribution in [3.8, 4) is 11.5 Å². The predicted molar refractivity (Wildman–Crippen MR) is 98.6 cm³/mol. The molecule has 8 heteroatoms. The lowest BCUT2D eigenvalue weighted by atomic mass is 9.92. The van der Waals surface area contributed by atoms with Gasteiger partial charge in [-0.15, -0.1) is 0 Å². The van der Waals surface area contributed by atoms with Crippen molar-refractivity contribution in [2.75, 3.05) is 13.3 Å². The summed E-state index contributed by atoms with van der Waals surface area (Å²) in [6.07, 6.45) is 1.08. The van der Waals surface area contributed by atoms with E-state index in [4.69, 9.17) is 21.1 Å². The summed E-state index contributed by atoms with van der Waals surface area (Å²) in [7, 11) is 0. The predicted octanol–water partition coefficient (Wildman–Crippen LogP) is 2.64. The first-order valence-corrected chi connectivity index (χ1v) is 9.22. The standard InChI is InChI=1S/C20H15ClN2O5/c21-13-2-3-14-11(7-13)5-6-20(14)18(25)23(19(26)22-20)9-15(24)12-1-4-16-17(8-12)28-10-27-16/h1-4,7-8H,5-6,9-10H2,(H,22,26)/t20-/m1/s1. The Morgan fingerprint density at radius 3 is 2.82 bits per heavy atom. The molecule has 1 spiro atoms. The highest BCUT2D eigenvalue weighted by Crippen LogP contribution is 2.42. The van der Waals surface area contributed by atoms with Crippen LogP contribution in [0.1, 0.15) is 27.9 Å². The first kappa shape index (κ1) is 17.1. The van der Waals surface area contributed by atoms with E-state index in [1.54, 1.807) is 30.3 Å². The average molecular weight is 399 g/mol. The van der Waals surface area contributed by atoms with Crippen LogP contribution >= 0.6 is 11.6 Å². The topological polar surface area (TPSA) is 84.9 Å². The molecule has 2 heterocycles. The Labute approximate surface area is 165 Å². The van der Waals surface area contributed by atoms with Crippen LogP contribution in [0.2, 0.25) is 5.02 Å². The number of urea groups is 1.